The lowest BCUT2D eigenvalue weighted by Gasteiger charge is -2.13. The molecule has 0 atom stereocenters. The van der Waals surface area contributed by atoms with E-state index in [1.54, 1.807) is 13.0 Å². The number of nitrogens with zero attached hydrogens (tertiary/aromatic N) is 3. The topological polar surface area (TPSA) is 75.0 Å². The normalized spacial score (nSPS) is 11.0. The Kier molecular flexibility index (Phi) is 3.59. The summed E-state index contributed by atoms with van der Waals surface area (Å²) in [6, 6.07) is 2.73. The number of halogens is 2. The van der Waals surface area contributed by atoms with Crippen LogP contribution in [0.15, 0.2) is 16.7 Å². The summed E-state index contributed by atoms with van der Waals surface area (Å²) in [5.74, 6) is 0.0372. The van der Waals surface area contributed by atoms with Gasteiger partial charge >= 0.3 is 0 Å². The summed E-state index contributed by atoms with van der Waals surface area (Å²) in [6.07, 6.45) is -2.68. The second-order valence-electron chi connectivity index (χ2n) is 4.11. The number of hydrogen-bond acceptors (Lipinski definition) is 4. The van der Waals surface area contributed by atoms with E-state index in [-0.39, 0.29) is 17.9 Å². The Morgan fingerprint density at radius 2 is 2.26 bits per heavy atom. The molecule has 0 aliphatic carbocycles. The smallest absolute Gasteiger partial charge is 0.279 e. The first-order valence-electron chi connectivity index (χ1n) is 5.48. The fourth-order valence-electron chi connectivity index (χ4n) is 1.55. The van der Waals surface area contributed by atoms with Crippen molar-refractivity contribution in [2.45, 2.75) is 19.9 Å². The van der Waals surface area contributed by atoms with Gasteiger partial charge in [-0.2, -0.15) is 5.10 Å². The van der Waals surface area contributed by atoms with Crippen molar-refractivity contribution in [3.05, 3.63) is 35.0 Å². The molecule has 2 heterocycles. The predicted molar refractivity (Wildman–Crippen MR) is 60.6 cm³/mol. The minimum atomic E-state index is -2.68. The van der Waals surface area contributed by atoms with Crippen LogP contribution in [-0.2, 0) is 6.54 Å². The van der Waals surface area contributed by atoms with E-state index in [1.165, 1.54) is 11.9 Å². The molecule has 0 unspecified atom stereocenters. The number of nitrogens with one attached hydrogen (secondary N) is 1. The number of aromatic amines is 1. The maximum Gasteiger partial charge on any atom is 0.279 e. The molecule has 2 aromatic heterocycles. The van der Waals surface area contributed by atoms with Gasteiger partial charge < -0.3 is 9.42 Å². The molecule has 2 aromatic rings. The van der Waals surface area contributed by atoms with Crippen molar-refractivity contribution in [1.82, 2.24) is 20.3 Å². The summed E-state index contributed by atoms with van der Waals surface area (Å²) in [5, 5.41) is 9.38. The molecule has 0 aliphatic heterocycles. The van der Waals surface area contributed by atoms with Gasteiger partial charge in [0.05, 0.1) is 12.2 Å². The molecule has 102 valence electrons. The lowest BCUT2D eigenvalue weighted by Crippen LogP contribution is -2.26. The Labute approximate surface area is 107 Å². The van der Waals surface area contributed by atoms with Crippen molar-refractivity contribution in [3.8, 4) is 0 Å². The van der Waals surface area contributed by atoms with Crippen LogP contribution < -0.4 is 0 Å². The van der Waals surface area contributed by atoms with Crippen molar-refractivity contribution in [2.75, 3.05) is 7.05 Å². The average molecular weight is 270 g/mol. The number of H-pyrrole nitrogens is 1. The van der Waals surface area contributed by atoms with Gasteiger partial charge in [0.15, 0.2) is 11.5 Å². The number of rotatable bonds is 4. The summed E-state index contributed by atoms with van der Waals surface area (Å²) in [4.78, 5) is 13.2. The molecule has 0 aromatic carbocycles. The zero-order valence-corrected chi connectivity index (χ0v) is 10.4. The number of carbonyl (C=O) groups excluding carboxylic acids is 1. The molecule has 6 nitrogen and oxygen atoms in total. The third kappa shape index (κ3) is 2.95. The maximum atomic E-state index is 12.4. The van der Waals surface area contributed by atoms with Gasteiger partial charge in [-0.3, -0.25) is 9.89 Å². The average Bonchev–Trinajstić information content (AvgIpc) is 2.97. The van der Waals surface area contributed by atoms with Crippen LogP contribution in [0.25, 0.3) is 0 Å². The van der Waals surface area contributed by atoms with Gasteiger partial charge in [-0.1, -0.05) is 5.16 Å². The van der Waals surface area contributed by atoms with Crippen LogP contribution in [0.3, 0.4) is 0 Å². The third-order valence-corrected chi connectivity index (χ3v) is 2.47. The van der Waals surface area contributed by atoms with E-state index < -0.39 is 12.3 Å². The maximum absolute atomic E-state index is 12.4. The number of amides is 1. The number of alkyl halides is 2. The molecular weight excluding hydrogens is 258 g/mol. The number of aryl methyl sites for hydroxylation is 1. The van der Waals surface area contributed by atoms with Crippen molar-refractivity contribution >= 4 is 5.91 Å². The van der Waals surface area contributed by atoms with Gasteiger partial charge in [-0.15, -0.1) is 0 Å². The largest absolute Gasteiger partial charge is 0.359 e. The first kappa shape index (κ1) is 13.2. The van der Waals surface area contributed by atoms with Crippen molar-refractivity contribution < 1.29 is 18.1 Å². The molecule has 0 radical (unpaired) electrons. The highest BCUT2D eigenvalue weighted by molar-refractivity contribution is 5.92. The first-order valence-corrected chi connectivity index (χ1v) is 5.48. The summed E-state index contributed by atoms with van der Waals surface area (Å²) < 4.78 is 29.7. The number of hydrogen-bond donors (Lipinski definition) is 1. The van der Waals surface area contributed by atoms with E-state index in [4.69, 9.17) is 4.52 Å². The highest BCUT2D eigenvalue weighted by Gasteiger charge is 2.19. The van der Waals surface area contributed by atoms with Crippen LogP contribution in [0, 0.1) is 6.92 Å². The van der Waals surface area contributed by atoms with Crippen LogP contribution in [0.4, 0.5) is 8.78 Å². The first-order chi connectivity index (χ1) is 8.97. The van der Waals surface area contributed by atoms with Gasteiger partial charge in [0.2, 0.25) is 0 Å². The molecule has 0 bridgehead atoms. The van der Waals surface area contributed by atoms with Crippen LogP contribution in [0.2, 0.25) is 0 Å². The van der Waals surface area contributed by atoms with Gasteiger partial charge in [0.1, 0.15) is 5.69 Å². The van der Waals surface area contributed by atoms with Gasteiger partial charge in [0.25, 0.3) is 12.3 Å². The predicted octanol–water partition coefficient (Wildman–Crippen LogP) is 1.92. The van der Waals surface area contributed by atoms with E-state index in [9.17, 15) is 13.6 Å². The minimum Gasteiger partial charge on any atom is -0.359 e. The highest BCUT2D eigenvalue weighted by atomic mass is 19.3. The van der Waals surface area contributed by atoms with E-state index >= 15 is 0 Å². The summed E-state index contributed by atoms with van der Waals surface area (Å²) in [6.45, 7) is 1.95. The Hall–Kier alpha value is -2.25. The second kappa shape index (κ2) is 5.17. The lowest BCUT2D eigenvalue weighted by molar-refractivity contribution is 0.0766. The molecule has 0 saturated heterocycles. The van der Waals surface area contributed by atoms with Crippen LogP contribution in [-0.4, -0.2) is 33.2 Å². The van der Waals surface area contributed by atoms with E-state index in [2.05, 4.69) is 15.4 Å². The fraction of sp³-hybridized carbons (Fsp3) is 0.364. The summed E-state index contributed by atoms with van der Waals surface area (Å²) in [5.41, 5.74) is 0.261. The molecule has 0 saturated carbocycles. The minimum absolute atomic E-state index is 0.0611. The number of aromatic nitrogens is 3. The van der Waals surface area contributed by atoms with Crippen LogP contribution in [0.5, 0.6) is 0 Å². The highest BCUT2D eigenvalue weighted by Crippen LogP contribution is 2.17. The molecule has 19 heavy (non-hydrogen) atoms. The summed E-state index contributed by atoms with van der Waals surface area (Å²) >= 11 is 0. The van der Waals surface area contributed by atoms with Gasteiger partial charge in [-0.05, 0) is 13.0 Å². The van der Waals surface area contributed by atoms with Gasteiger partial charge in [0, 0.05) is 13.1 Å². The second-order valence-corrected chi connectivity index (χ2v) is 4.11. The van der Waals surface area contributed by atoms with Crippen LogP contribution in [0.1, 0.15) is 34.1 Å². The molecule has 1 N–H and O–H groups in total. The fourth-order valence-corrected chi connectivity index (χ4v) is 1.55. The van der Waals surface area contributed by atoms with Crippen molar-refractivity contribution in [1.29, 1.82) is 0 Å². The molecule has 1 amide bonds. The monoisotopic (exact) mass is 270 g/mol. The van der Waals surface area contributed by atoms with E-state index in [0.717, 1.165) is 6.07 Å². The lowest BCUT2D eigenvalue weighted by atomic mass is 10.3. The quantitative estimate of drug-likeness (QED) is 0.920. The number of carbonyl (C=O) groups is 1. The molecule has 8 heteroatoms. The Morgan fingerprint density at radius 1 is 1.53 bits per heavy atom. The van der Waals surface area contributed by atoms with Crippen LogP contribution >= 0.6 is 0 Å². The zero-order valence-electron chi connectivity index (χ0n) is 10.4. The Balaban J connectivity index is 2.05. The standard InChI is InChI=1S/C11H12F2N4O2/c1-6-3-7(19-16-6)5-17(2)11(18)9-4-8(10(12)13)14-15-9/h3-4,10H,5H2,1-2H3,(H,14,15). The third-order valence-electron chi connectivity index (χ3n) is 2.47. The Bertz CT molecular complexity index is 579. The van der Waals surface area contributed by atoms with Crippen molar-refractivity contribution in [3.63, 3.8) is 0 Å². The van der Waals surface area contributed by atoms with Gasteiger partial charge in [-0.25, -0.2) is 8.78 Å². The van der Waals surface area contributed by atoms with E-state index in [1.807, 2.05) is 0 Å². The van der Waals surface area contributed by atoms with Crippen molar-refractivity contribution in [2.24, 2.45) is 0 Å². The Morgan fingerprint density at radius 3 is 2.79 bits per heavy atom. The molecule has 0 spiro atoms. The molecule has 2 rings (SSSR count). The van der Waals surface area contributed by atoms with E-state index in [0.29, 0.717) is 11.5 Å². The zero-order chi connectivity index (χ0) is 14.0. The SMILES string of the molecule is Cc1cc(CN(C)C(=O)c2cc(C(F)F)[nH]n2)on1. The molecule has 0 fully saturated rings. The summed E-state index contributed by atoms with van der Waals surface area (Å²) in [7, 11) is 1.52. The molecular formula is C11H12F2N4O2. The molecule has 0 aliphatic rings.